The Morgan fingerprint density at radius 1 is 1.13 bits per heavy atom. The fourth-order valence-electron chi connectivity index (χ4n) is 4.82. The molecule has 0 bridgehead atoms. The van der Waals surface area contributed by atoms with Crippen LogP contribution < -0.4 is 0 Å². The van der Waals surface area contributed by atoms with Gasteiger partial charge in [0.2, 0.25) is 0 Å². The first kappa shape index (κ1) is 23.7. The van der Waals surface area contributed by atoms with Crippen LogP contribution in [0, 0.1) is 0 Å². The Kier molecular flexibility index (Phi) is 8.10. The van der Waals surface area contributed by atoms with Crippen molar-refractivity contribution >= 4 is 17.3 Å². The fraction of sp³-hybridized carbons (Fsp3) is 0.630. The summed E-state index contributed by atoms with van der Waals surface area (Å²) in [6.45, 7) is 16.4. The maximum absolute atomic E-state index is 12.6. The standard InChI is InChI=1S/C27H41N3O/c1-6-8-9-10-15-29-16-18-30(19-17-29)21(3)28-25(7-2)22-11-12-24-23(20-22)26(31)13-14-27(24,4)5/h7,11-12,20H,6,8-10,13-19H2,1-5H3/b25-7-,28-21?. The molecule has 0 N–H and O–H groups in total. The molecule has 1 aromatic carbocycles. The van der Waals surface area contributed by atoms with Crippen LogP contribution in [0.3, 0.4) is 0 Å². The topological polar surface area (TPSA) is 35.9 Å². The highest BCUT2D eigenvalue weighted by Crippen LogP contribution is 2.37. The van der Waals surface area contributed by atoms with Crippen LogP contribution in [0.25, 0.3) is 5.70 Å². The first-order chi connectivity index (χ1) is 14.9. The molecule has 170 valence electrons. The molecule has 0 aromatic heterocycles. The number of allylic oxidation sites excluding steroid dienone is 1. The van der Waals surface area contributed by atoms with E-state index < -0.39 is 0 Å². The number of fused-ring (bicyclic) bond motifs is 1. The molecule has 0 saturated carbocycles. The number of carbonyl (C=O) groups is 1. The third-order valence-electron chi connectivity index (χ3n) is 7.04. The number of benzene rings is 1. The predicted octanol–water partition coefficient (Wildman–Crippen LogP) is 5.92. The highest BCUT2D eigenvalue weighted by atomic mass is 16.1. The second-order valence-corrected chi connectivity index (χ2v) is 9.79. The smallest absolute Gasteiger partial charge is 0.163 e. The molecule has 0 spiro atoms. The van der Waals surface area contributed by atoms with Gasteiger partial charge in [-0.1, -0.05) is 58.2 Å². The number of Topliss-reactive ketones (excluding diaryl/α,β-unsaturated/α-hetero) is 1. The molecule has 3 rings (SSSR count). The van der Waals surface area contributed by atoms with Gasteiger partial charge in [0.25, 0.3) is 0 Å². The number of ketones is 1. The van der Waals surface area contributed by atoms with Crippen LogP contribution >= 0.6 is 0 Å². The van der Waals surface area contributed by atoms with Gasteiger partial charge in [-0.15, -0.1) is 0 Å². The zero-order valence-corrected chi connectivity index (χ0v) is 20.3. The molecular weight excluding hydrogens is 382 g/mol. The summed E-state index contributed by atoms with van der Waals surface area (Å²) < 4.78 is 0. The second-order valence-electron chi connectivity index (χ2n) is 9.79. The van der Waals surface area contributed by atoms with E-state index >= 15 is 0 Å². The maximum atomic E-state index is 12.6. The number of carbonyl (C=O) groups excluding carboxylic acids is 1. The lowest BCUT2D eigenvalue weighted by Crippen LogP contribution is -2.48. The number of rotatable bonds is 7. The summed E-state index contributed by atoms with van der Waals surface area (Å²) in [5, 5.41) is 0. The molecule has 1 aliphatic heterocycles. The maximum Gasteiger partial charge on any atom is 0.163 e. The Balaban J connectivity index is 1.66. The lowest BCUT2D eigenvalue weighted by Gasteiger charge is -2.36. The number of amidine groups is 1. The summed E-state index contributed by atoms with van der Waals surface area (Å²) in [5.41, 5.74) is 4.13. The zero-order valence-electron chi connectivity index (χ0n) is 20.3. The summed E-state index contributed by atoms with van der Waals surface area (Å²) in [5.74, 6) is 1.34. The van der Waals surface area contributed by atoms with Gasteiger partial charge in [0.1, 0.15) is 5.84 Å². The zero-order chi connectivity index (χ0) is 22.4. The van der Waals surface area contributed by atoms with Crippen LogP contribution in [0.4, 0.5) is 0 Å². The molecule has 1 aliphatic carbocycles. The van der Waals surface area contributed by atoms with E-state index in [0.29, 0.717) is 6.42 Å². The molecular formula is C27H41N3O. The highest BCUT2D eigenvalue weighted by molar-refractivity contribution is 6.00. The third-order valence-corrected chi connectivity index (χ3v) is 7.04. The van der Waals surface area contributed by atoms with E-state index in [-0.39, 0.29) is 11.2 Å². The van der Waals surface area contributed by atoms with Gasteiger partial charge >= 0.3 is 0 Å². The molecule has 2 aliphatic rings. The molecule has 1 aromatic rings. The fourth-order valence-corrected chi connectivity index (χ4v) is 4.82. The third kappa shape index (κ3) is 5.85. The minimum Gasteiger partial charge on any atom is -0.358 e. The van der Waals surface area contributed by atoms with E-state index in [9.17, 15) is 4.79 Å². The van der Waals surface area contributed by atoms with Crippen molar-refractivity contribution in [3.8, 4) is 0 Å². The van der Waals surface area contributed by atoms with Crippen molar-refractivity contribution in [1.82, 2.24) is 9.80 Å². The van der Waals surface area contributed by atoms with Crippen LogP contribution in [0.1, 0.15) is 94.6 Å². The van der Waals surface area contributed by atoms with E-state index in [4.69, 9.17) is 4.99 Å². The molecule has 4 nitrogen and oxygen atoms in total. The lowest BCUT2D eigenvalue weighted by atomic mass is 9.72. The van der Waals surface area contributed by atoms with Gasteiger partial charge < -0.3 is 4.90 Å². The van der Waals surface area contributed by atoms with Crippen molar-refractivity contribution in [2.45, 2.75) is 78.6 Å². The molecule has 4 heteroatoms. The average molecular weight is 424 g/mol. The number of hydrogen-bond acceptors (Lipinski definition) is 3. The molecule has 0 unspecified atom stereocenters. The SMILES string of the molecule is C/C=C(\N=C(C)N1CCN(CCCCCC)CC1)c1ccc2c(c1)C(=O)CCC2(C)C. The largest absolute Gasteiger partial charge is 0.358 e. The van der Waals surface area contributed by atoms with Crippen molar-refractivity contribution in [1.29, 1.82) is 0 Å². The summed E-state index contributed by atoms with van der Waals surface area (Å²) >= 11 is 0. The van der Waals surface area contributed by atoms with E-state index in [1.807, 2.05) is 6.92 Å². The monoisotopic (exact) mass is 423 g/mol. The Hall–Kier alpha value is -1.94. The molecule has 1 fully saturated rings. The number of unbranched alkanes of at least 4 members (excludes halogenated alkanes) is 3. The predicted molar refractivity (Wildman–Crippen MR) is 132 cm³/mol. The van der Waals surface area contributed by atoms with Crippen LogP contribution in [0.15, 0.2) is 29.3 Å². The number of piperazine rings is 1. The van der Waals surface area contributed by atoms with Gasteiger partial charge in [-0.25, -0.2) is 4.99 Å². The van der Waals surface area contributed by atoms with Crippen molar-refractivity contribution in [2.24, 2.45) is 4.99 Å². The summed E-state index contributed by atoms with van der Waals surface area (Å²) in [7, 11) is 0. The summed E-state index contributed by atoms with van der Waals surface area (Å²) in [4.78, 5) is 22.6. The van der Waals surface area contributed by atoms with Crippen molar-refractivity contribution in [3.63, 3.8) is 0 Å². The average Bonchev–Trinajstić information content (AvgIpc) is 2.78. The Morgan fingerprint density at radius 3 is 2.55 bits per heavy atom. The van der Waals surface area contributed by atoms with E-state index in [1.54, 1.807) is 0 Å². The van der Waals surface area contributed by atoms with Crippen molar-refractivity contribution in [3.05, 3.63) is 41.0 Å². The van der Waals surface area contributed by atoms with Crippen LogP contribution in [-0.4, -0.2) is 54.1 Å². The Morgan fingerprint density at radius 2 is 1.87 bits per heavy atom. The van der Waals surface area contributed by atoms with E-state index in [0.717, 1.165) is 55.3 Å². The van der Waals surface area contributed by atoms with Gasteiger partial charge in [0, 0.05) is 43.7 Å². The Labute approximate surface area is 189 Å². The normalized spacial score (nSPS) is 20.2. The lowest BCUT2D eigenvalue weighted by molar-refractivity contribution is 0.0956. The molecule has 0 amide bonds. The molecule has 0 radical (unpaired) electrons. The van der Waals surface area contributed by atoms with Gasteiger partial charge in [-0.3, -0.25) is 9.69 Å². The summed E-state index contributed by atoms with van der Waals surface area (Å²) in [6.07, 6.45) is 8.94. The van der Waals surface area contributed by atoms with Crippen molar-refractivity contribution in [2.75, 3.05) is 32.7 Å². The minimum absolute atomic E-state index is 0.0628. The summed E-state index contributed by atoms with van der Waals surface area (Å²) in [6, 6.07) is 6.35. The van der Waals surface area contributed by atoms with Crippen LogP contribution in [0.2, 0.25) is 0 Å². The number of aliphatic imine (C=N–C) groups is 1. The number of nitrogens with zero attached hydrogens (tertiary/aromatic N) is 3. The van der Waals surface area contributed by atoms with Crippen LogP contribution in [0.5, 0.6) is 0 Å². The number of hydrogen-bond donors (Lipinski definition) is 0. The van der Waals surface area contributed by atoms with Gasteiger partial charge in [-0.2, -0.15) is 0 Å². The van der Waals surface area contributed by atoms with E-state index in [2.05, 4.69) is 61.8 Å². The van der Waals surface area contributed by atoms with Gasteiger partial charge in [0.05, 0.1) is 5.70 Å². The first-order valence-corrected chi connectivity index (χ1v) is 12.2. The molecule has 31 heavy (non-hydrogen) atoms. The second kappa shape index (κ2) is 10.6. The minimum atomic E-state index is 0.0628. The first-order valence-electron chi connectivity index (χ1n) is 12.2. The molecule has 1 heterocycles. The van der Waals surface area contributed by atoms with E-state index in [1.165, 1.54) is 37.8 Å². The van der Waals surface area contributed by atoms with Crippen molar-refractivity contribution < 1.29 is 4.79 Å². The van der Waals surface area contributed by atoms with Crippen LogP contribution in [-0.2, 0) is 5.41 Å². The highest BCUT2D eigenvalue weighted by Gasteiger charge is 2.31. The Bertz CT molecular complexity index is 829. The molecule has 1 saturated heterocycles. The van der Waals surface area contributed by atoms with Gasteiger partial charge in [0.15, 0.2) is 5.78 Å². The quantitative estimate of drug-likeness (QED) is 0.310. The van der Waals surface area contributed by atoms with Gasteiger partial charge in [-0.05, 0) is 50.3 Å². The molecule has 0 atom stereocenters.